The van der Waals surface area contributed by atoms with Crippen molar-refractivity contribution in [2.75, 3.05) is 19.8 Å². The van der Waals surface area contributed by atoms with Crippen molar-refractivity contribution in [1.29, 1.82) is 0 Å². The first-order chi connectivity index (χ1) is 11.8. The quantitative estimate of drug-likeness (QED) is 0.350. The van der Waals surface area contributed by atoms with Gasteiger partial charge in [0.15, 0.2) is 6.29 Å². The summed E-state index contributed by atoms with van der Waals surface area (Å²) in [6.45, 7) is 15.2. The molecule has 0 amide bonds. The second-order valence-corrected chi connectivity index (χ2v) is 13.2. The molecule has 1 atom stereocenters. The van der Waals surface area contributed by atoms with Crippen LogP contribution in [0.4, 0.5) is 0 Å². The third-order valence-corrected chi connectivity index (χ3v) is 11.2. The first-order valence-electron chi connectivity index (χ1n) is 9.84. The van der Waals surface area contributed by atoms with Gasteiger partial charge in [-0.3, -0.25) is 0 Å². The molecule has 146 valence electrons. The topological polar surface area (TPSA) is 47.9 Å². The molecule has 5 heteroatoms. The van der Waals surface area contributed by atoms with Gasteiger partial charge in [-0.2, -0.15) is 0 Å². The first-order valence-corrected chi connectivity index (χ1v) is 12.0. The Morgan fingerprint density at radius 2 is 1.60 bits per heavy atom. The van der Waals surface area contributed by atoms with Gasteiger partial charge in [0.2, 0.25) is 8.32 Å². The molecule has 1 rings (SSSR count). The maximum Gasteiger partial charge on any atom is 0.202 e. The van der Waals surface area contributed by atoms with Gasteiger partial charge in [0.1, 0.15) is 6.10 Å². The lowest BCUT2D eigenvalue weighted by molar-refractivity contribution is -0.0474. The summed E-state index contributed by atoms with van der Waals surface area (Å²) in [6, 6.07) is 0. The summed E-state index contributed by atoms with van der Waals surface area (Å²) in [5.74, 6) is 6.55. The van der Waals surface area contributed by atoms with Crippen LogP contribution in [0.15, 0.2) is 0 Å². The second kappa shape index (κ2) is 11.4. The number of hydrogen-bond acceptors (Lipinski definition) is 4. The van der Waals surface area contributed by atoms with E-state index < -0.39 is 8.32 Å². The Bertz CT molecular complexity index is 397. The zero-order chi connectivity index (χ0) is 18.9. The average molecular weight is 371 g/mol. The molecule has 0 aromatic rings. The fourth-order valence-corrected chi connectivity index (χ4v) is 9.54. The van der Waals surface area contributed by atoms with Crippen LogP contribution in [0.25, 0.3) is 0 Å². The van der Waals surface area contributed by atoms with Crippen molar-refractivity contribution in [3.05, 3.63) is 0 Å². The van der Waals surface area contributed by atoms with Gasteiger partial charge < -0.3 is 19.0 Å². The van der Waals surface area contributed by atoms with E-state index in [-0.39, 0.29) is 19.0 Å². The molecule has 25 heavy (non-hydrogen) atoms. The molecular weight excluding hydrogens is 332 g/mol. The van der Waals surface area contributed by atoms with Crippen LogP contribution in [0.2, 0.25) is 16.6 Å². The molecule has 1 aliphatic rings. The Hall–Kier alpha value is -0.383. The minimum absolute atomic E-state index is 0.0471. The third kappa shape index (κ3) is 6.69. The van der Waals surface area contributed by atoms with Gasteiger partial charge >= 0.3 is 0 Å². The summed E-state index contributed by atoms with van der Waals surface area (Å²) in [5, 5.41) is 9.43. The Morgan fingerprint density at radius 3 is 2.08 bits per heavy atom. The first kappa shape index (κ1) is 22.7. The van der Waals surface area contributed by atoms with Crippen molar-refractivity contribution in [3.8, 4) is 11.8 Å². The SMILES string of the molecule is CC(C)[Si](O[C@H](C#CCCCC1OCCO1)CCO)(C(C)C)C(C)C. The minimum Gasteiger partial charge on any atom is -0.402 e. The normalized spacial score (nSPS) is 17.4. The van der Waals surface area contributed by atoms with E-state index in [2.05, 4.69) is 53.4 Å². The molecule has 0 aromatic heterocycles. The Kier molecular flexibility index (Phi) is 10.3. The molecule has 0 unspecified atom stereocenters. The van der Waals surface area contributed by atoms with Crippen LogP contribution in [0.5, 0.6) is 0 Å². The van der Waals surface area contributed by atoms with Gasteiger partial charge in [-0.15, -0.1) is 5.92 Å². The third-order valence-electron chi connectivity index (χ3n) is 5.14. The van der Waals surface area contributed by atoms with Gasteiger partial charge in [-0.1, -0.05) is 47.5 Å². The van der Waals surface area contributed by atoms with Crippen LogP contribution < -0.4 is 0 Å². The lowest BCUT2D eigenvalue weighted by Gasteiger charge is -2.43. The van der Waals surface area contributed by atoms with E-state index in [4.69, 9.17) is 13.9 Å². The van der Waals surface area contributed by atoms with Crippen molar-refractivity contribution >= 4 is 8.32 Å². The van der Waals surface area contributed by atoms with Crippen molar-refractivity contribution < 1.29 is 19.0 Å². The van der Waals surface area contributed by atoms with E-state index in [1.54, 1.807) is 0 Å². The standard InChI is InChI=1S/C20H38O4Si/c1-16(2)25(17(3)4,18(5)6)24-19(12-13-21)10-8-7-9-11-20-22-14-15-23-20/h16-21H,7,9,11-15H2,1-6H3/t19-/m1/s1. The van der Waals surface area contributed by atoms with E-state index in [1.807, 2.05) is 0 Å². The predicted molar refractivity (Wildman–Crippen MR) is 105 cm³/mol. The molecule has 1 saturated heterocycles. The highest BCUT2D eigenvalue weighted by Gasteiger charge is 2.46. The van der Waals surface area contributed by atoms with Gasteiger partial charge in [0.25, 0.3) is 0 Å². The molecule has 0 radical (unpaired) electrons. The van der Waals surface area contributed by atoms with E-state index in [9.17, 15) is 5.11 Å². The Morgan fingerprint density at radius 1 is 1.04 bits per heavy atom. The molecule has 4 nitrogen and oxygen atoms in total. The molecule has 0 spiro atoms. The Balaban J connectivity index is 2.66. The van der Waals surface area contributed by atoms with Gasteiger partial charge in [-0.25, -0.2) is 0 Å². The van der Waals surface area contributed by atoms with E-state index in [0.29, 0.717) is 36.3 Å². The summed E-state index contributed by atoms with van der Waals surface area (Å²) in [6.07, 6.45) is 3.04. The number of ether oxygens (including phenoxy) is 2. The molecule has 1 N–H and O–H groups in total. The highest BCUT2D eigenvalue weighted by Crippen LogP contribution is 2.43. The molecule has 0 bridgehead atoms. The van der Waals surface area contributed by atoms with Crippen LogP contribution in [-0.4, -0.2) is 45.6 Å². The van der Waals surface area contributed by atoms with Gasteiger partial charge in [-0.05, 0) is 29.5 Å². The van der Waals surface area contributed by atoms with Crippen LogP contribution >= 0.6 is 0 Å². The molecule has 0 saturated carbocycles. The summed E-state index contributed by atoms with van der Waals surface area (Å²) in [5.41, 5.74) is 1.56. The highest BCUT2D eigenvalue weighted by atomic mass is 28.4. The van der Waals surface area contributed by atoms with Crippen LogP contribution in [0.3, 0.4) is 0 Å². The molecule has 1 aliphatic heterocycles. The largest absolute Gasteiger partial charge is 0.402 e. The lowest BCUT2D eigenvalue weighted by Crippen LogP contribution is -2.50. The number of rotatable bonds is 10. The molecule has 1 heterocycles. The van der Waals surface area contributed by atoms with Crippen molar-refractivity contribution in [2.24, 2.45) is 0 Å². The monoisotopic (exact) mass is 370 g/mol. The summed E-state index contributed by atoms with van der Waals surface area (Å²) < 4.78 is 17.6. The number of unbranched alkanes of at least 4 members (excludes halogenated alkanes) is 1. The van der Waals surface area contributed by atoms with Crippen LogP contribution in [0.1, 0.15) is 67.2 Å². The molecule has 0 aliphatic carbocycles. The number of aliphatic hydroxyl groups excluding tert-OH is 1. The fraction of sp³-hybridized carbons (Fsp3) is 0.900. The smallest absolute Gasteiger partial charge is 0.202 e. The van der Waals surface area contributed by atoms with E-state index >= 15 is 0 Å². The predicted octanol–water partition coefficient (Wildman–Crippen LogP) is 4.48. The maximum atomic E-state index is 9.43. The van der Waals surface area contributed by atoms with Gasteiger partial charge in [0.05, 0.1) is 13.2 Å². The molecule has 0 aromatic carbocycles. The summed E-state index contributed by atoms with van der Waals surface area (Å²) in [4.78, 5) is 0. The van der Waals surface area contributed by atoms with Crippen molar-refractivity contribution in [2.45, 2.75) is 96.2 Å². The Labute approximate surface area is 155 Å². The molecule has 1 fully saturated rings. The van der Waals surface area contributed by atoms with E-state index in [0.717, 1.165) is 19.3 Å². The van der Waals surface area contributed by atoms with Crippen molar-refractivity contribution in [1.82, 2.24) is 0 Å². The zero-order valence-electron chi connectivity index (χ0n) is 17.0. The fourth-order valence-electron chi connectivity index (χ4n) is 4.05. The lowest BCUT2D eigenvalue weighted by atomic mass is 10.2. The summed E-state index contributed by atoms with van der Waals surface area (Å²) >= 11 is 0. The highest BCUT2D eigenvalue weighted by molar-refractivity contribution is 6.77. The van der Waals surface area contributed by atoms with Gasteiger partial charge in [0, 0.05) is 19.4 Å². The molecular formula is C20H38O4Si. The average Bonchev–Trinajstić information content (AvgIpc) is 3.04. The van der Waals surface area contributed by atoms with Crippen LogP contribution in [-0.2, 0) is 13.9 Å². The zero-order valence-corrected chi connectivity index (χ0v) is 18.0. The summed E-state index contributed by atoms with van der Waals surface area (Å²) in [7, 11) is -1.97. The number of hydrogen-bond donors (Lipinski definition) is 1. The maximum absolute atomic E-state index is 9.43. The van der Waals surface area contributed by atoms with Crippen LogP contribution in [0, 0.1) is 11.8 Å². The second-order valence-electron chi connectivity index (χ2n) is 7.82. The number of aliphatic hydroxyl groups is 1. The minimum atomic E-state index is -1.97. The van der Waals surface area contributed by atoms with E-state index in [1.165, 1.54) is 0 Å². The van der Waals surface area contributed by atoms with Crippen molar-refractivity contribution in [3.63, 3.8) is 0 Å².